The smallest absolute Gasteiger partial charge is 0.275 e. The van der Waals surface area contributed by atoms with Crippen LogP contribution in [0.2, 0.25) is 0 Å². The number of H-pyrrole nitrogens is 1. The zero-order valence-electron chi connectivity index (χ0n) is 14.8. The highest BCUT2D eigenvalue weighted by atomic mass is 16.1. The van der Waals surface area contributed by atoms with E-state index in [4.69, 9.17) is 4.98 Å². The molecule has 0 unspecified atom stereocenters. The number of rotatable bonds is 2. The molecule has 0 aliphatic heterocycles. The highest BCUT2D eigenvalue weighted by Gasteiger charge is 2.19. The maximum Gasteiger partial charge on any atom is 0.275 e. The number of hydrogen-bond donors (Lipinski definition) is 1. The van der Waals surface area contributed by atoms with Crippen LogP contribution in [0.15, 0.2) is 83.7 Å². The van der Waals surface area contributed by atoms with Crippen molar-refractivity contribution in [3.8, 4) is 22.6 Å². The van der Waals surface area contributed by atoms with E-state index in [0.29, 0.717) is 11.2 Å². The fourth-order valence-electron chi connectivity index (χ4n) is 3.51. The number of para-hydroxylation sites is 2. The van der Waals surface area contributed by atoms with Crippen LogP contribution < -0.4 is 5.56 Å². The lowest BCUT2D eigenvalue weighted by atomic mass is 10.1. The van der Waals surface area contributed by atoms with Crippen molar-refractivity contribution in [1.29, 1.82) is 0 Å². The molecule has 5 rings (SSSR count). The standard InChI is InChI=1S/C23H17N3O/c1-15-11-13-17(14-12-15)22-25-20(16-7-3-2-4-8-16)21-23(27)24-18-9-5-6-10-19(18)26(21)22/h2-14H,1H3,(H,24,27). The van der Waals surface area contributed by atoms with Gasteiger partial charge in [-0.15, -0.1) is 0 Å². The minimum absolute atomic E-state index is 0.140. The van der Waals surface area contributed by atoms with Crippen molar-refractivity contribution < 1.29 is 0 Å². The predicted molar refractivity (Wildman–Crippen MR) is 109 cm³/mol. The molecule has 0 amide bonds. The third kappa shape index (κ3) is 2.46. The summed E-state index contributed by atoms with van der Waals surface area (Å²) in [6.45, 7) is 2.06. The topological polar surface area (TPSA) is 50.2 Å². The van der Waals surface area contributed by atoms with E-state index in [2.05, 4.69) is 36.2 Å². The summed E-state index contributed by atoms with van der Waals surface area (Å²) in [5, 5.41) is 0. The second-order valence-electron chi connectivity index (χ2n) is 6.67. The SMILES string of the molecule is Cc1ccc(-c2nc(-c3ccccc3)c3c(=O)[nH]c4ccccc4n23)cc1. The van der Waals surface area contributed by atoms with Gasteiger partial charge < -0.3 is 4.98 Å². The largest absolute Gasteiger partial charge is 0.319 e. The van der Waals surface area contributed by atoms with Crippen LogP contribution in [-0.4, -0.2) is 14.4 Å². The minimum atomic E-state index is -0.140. The molecule has 0 aliphatic rings. The molecule has 3 aromatic carbocycles. The molecule has 0 atom stereocenters. The molecular weight excluding hydrogens is 334 g/mol. The van der Waals surface area contributed by atoms with E-state index < -0.39 is 0 Å². The molecule has 0 spiro atoms. The zero-order valence-corrected chi connectivity index (χ0v) is 14.8. The monoisotopic (exact) mass is 351 g/mol. The van der Waals surface area contributed by atoms with Gasteiger partial charge in [-0.1, -0.05) is 72.3 Å². The van der Waals surface area contributed by atoms with Gasteiger partial charge in [0.15, 0.2) is 0 Å². The molecule has 0 bridgehead atoms. The first-order valence-corrected chi connectivity index (χ1v) is 8.88. The van der Waals surface area contributed by atoms with Crippen LogP contribution in [0, 0.1) is 6.92 Å². The van der Waals surface area contributed by atoms with E-state index in [9.17, 15) is 4.79 Å². The van der Waals surface area contributed by atoms with E-state index in [1.807, 2.05) is 59.0 Å². The van der Waals surface area contributed by atoms with Crippen molar-refractivity contribution in [1.82, 2.24) is 14.4 Å². The first-order valence-electron chi connectivity index (χ1n) is 8.88. The summed E-state index contributed by atoms with van der Waals surface area (Å²) in [6.07, 6.45) is 0. The van der Waals surface area contributed by atoms with Crippen molar-refractivity contribution >= 4 is 16.6 Å². The maximum absolute atomic E-state index is 13.0. The maximum atomic E-state index is 13.0. The lowest BCUT2D eigenvalue weighted by Crippen LogP contribution is -2.11. The van der Waals surface area contributed by atoms with Crippen LogP contribution in [0.25, 0.3) is 39.2 Å². The summed E-state index contributed by atoms with van der Waals surface area (Å²) < 4.78 is 1.97. The number of nitrogens with one attached hydrogen (secondary N) is 1. The Hall–Kier alpha value is -3.66. The van der Waals surface area contributed by atoms with E-state index >= 15 is 0 Å². The second kappa shape index (κ2) is 5.95. The first kappa shape index (κ1) is 15.6. The third-order valence-corrected chi connectivity index (χ3v) is 4.84. The average Bonchev–Trinajstić information content (AvgIpc) is 3.11. The molecule has 0 saturated heterocycles. The van der Waals surface area contributed by atoms with E-state index in [1.165, 1.54) is 5.56 Å². The van der Waals surface area contributed by atoms with Gasteiger partial charge in [-0.25, -0.2) is 4.98 Å². The third-order valence-electron chi connectivity index (χ3n) is 4.84. The van der Waals surface area contributed by atoms with Gasteiger partial charge in [0.25, 0.3) is 5.56 Å². The van der Waals surface area contributed by atoms with Crippen molar-refractivity contribution in [2.45, 2.75) is 6.92 Å². The number of benzene rings is 3. The van der Waals surface area contributed by atoms with Crippen LogP contribution in [0.5, 0.6) is 0 Å². The van der Waals surface area contributed by atoms with Crippen LogP contribution >= 0.6 is 0 Å². The Bertz CT molecular complexity index is 1330. The molecule has 1 N–H and O–H groups in total. The van der Waals surface area contributed by atoms with Gasteiger partial charge >= 0.3 is 0 Å². The van der Waals surface area contributed by atoms with Crippen LogP contribution in [-0.2, 0) is 0 Å². The summed E-state index contributed by atoms with van der Waals surface area (Å²) in [4.78, 5) is 20.9. The van der Waals surface area contributed by atoms with Crippen LogP contribution in [0.4, 0.5) is 0 Å². The molecule has 4 nitrogen and oxygen atoms in total. The second-order valence-corrected chi connectivity index (χ2v) is 6.67. The molecule has 4 heteroatoms. The van der Waals surface area contributed by atoms with Gasteiger partial charge in [0.05, 0.1) is 11.0 Å². The number of nitrogens with zero attached hydrogens (tertiary/aromatic N) is 2. The Morgan fingerprint density at radius 2 is 1.52 bits per heavy atom. The summed E-state index contributed by atoms with van der Waals surface area (Å²) in [5.74, 6) is 0.770. The van der Waals surface area contributed by atoms with Gasteiger partial charge in [0.1, 0.15) is 17.0 Å². The van der Waals surface area contributed by atoms with E-state index in [-0.39, 0.29) is 5.56 Å². The van der Waals surface area contributed by atoms with E-state index in [0.717, 1.165) is 28.0 Å². The Morgan fingerprint density at radius 1 is 0.815 bits per heavy atom. The van der Waals surface area contributed by atoms with Gasteiger partial charge in [0, 0.05) is 11.1 Å². The summed E-state index contributed by atoms with van der Waals surface area (Å²) in [6, 6.07) is 25.9. The molecule has 2 aromatic heterocycles. The van der Waals surface area contributed by atoms with Gasteiger partial charge in [-0.2, -0.15) is 0 Å². The number of aryl methyl sites for hydroxylation is 1. The highest BCUT2D eigenvalue weighted by Crippen LogP contribution is 2.30. The summed E-state index contributed by atoms with van der Waals surface area (Å²) in [5.41, 5.74) is 5.93. The van der Waals surface area contributed by atoms with Gasteiger partial charge in [-0.05, 0) is 19.1 Å². The Morgan fingerprint density at radius 3 is 2.30 bits per heavy atom. The van der Waals surface area contributed by atoms with Crippen molar-refractivity contribution in [3.63, 3.8) is 0 Å². The Balaban J connectivity index is 1.97. The molecular formula is C23H17N3O. The molecule has 0 aliphatic carbocycles. The molecule has 0 radical (unpaired) electrons. The lowest BCUT2D eigenvalue weighted by molar-refractivity contribution is 1.17. The molecule has 27 heavy (non-hydrogen) atoms. The first-order chi connectivity index (χ1) is 13.2. The number of fused-ring (bicyclic) bond motifs is 3. The molecule has 130 valence electrons. The number of hydrogen-bond acceptors (Lipinski definition) is 2. The summed E-state index contributed by atoms with van der Waals surface area (Å²) >= 11 is 0. The van der Waals surface area contributed by atoms with Gasteiger partial charge in [-0.3, -0.25) is 9.20 Å². The normalized spacial score (nSPS) is 11.3. The lowest BCUT2D eigenvalue weighted by Gasteiger charge is -2.06. The van der Waals surface area contributed by atoms with Crippen LogP contribution in [0.1, 0.15) is 5.56 Å². The van der Waals surface area contributed by atoms with Crippen molar-refractivity contribution in [2.24, 2.45) is 0 Å². The number of aromatic amines is 1. The average molecular weight is 351 g/mol. The number of imidazole rings is 1. The zero-order chi connectivity index (χ0) is 18.4. The predicted octanol–water partition coefficient (Wildman–Crippen LogP) is 4.82. The Labute approximate surface area is 155 Å². The van der Waals surface area contributed by atoms with Crippen molar-refractivity contribution in [2.75, 3.05) is 0 Å². The fraction of sp³-hybridized carbons (Fsp3) is 0.0435. The van der Waals surface area contributed by atoms with Crippen LogP contribution in [0.3, 0.4) is 0 Å². The molecule has 2 heterocycles. The fourth-order valence-corrected chi connectivity index (χ4v) is 3.51. The quantitative estimate of drug-likeness (QED) is 0.496. The molecule has 0 fully saturated rings. The minimum Gasteiger partial charge on any atom is -0.319 e. The molecule has 0 saturated carbocycles. The summed E-state index contributed by atoms with van der Waals surface area (Å²) in [7, 11) is 0. The molecule has 5 aromatic rings. The van der Waals surface area contributed by atoms with E-state index in [1.54, 1.807) is 0 Å². The van der Waals surface area contributed by atoms with Gasteiger partial charge in [0.2, 0.25) is 0 Å². The van der Waals surface area contributed by atoms with Crippen molar-refractivity contribution in [3.05, 3.63) is 94.8 Å². The highest BCUT2D eigenvalue weighted by molar-refractivity contribution is 5.88. The Kier molecular flexibility index (Phi) is 3.44. The number of aromatic nitrogens is 3.